The van der Waals surface area contributed by atoms with E-state index >= 15 is 0 Å². The van der Waals surface area contributed by atoms with Crippen LogP contribution in [0.4, 0.5) is 0 Å². The molecule has 0 aromatic heterocycles. The Bertz CT molecular complexity index is 434. The van der Waals surface area contributed by atoms with Crippen LogP contribution in [0.1, 0.15) is 18.5 Å². The second-order valence-electron chi connectivity index (χ2n) is 4.70. The number of likely N-dealkylation sites (N-methyl/N-ethyl adjacent to an activating group) is 1. The van der Waals surface area contributed by atoms with E-state index in [4.69, 9.17) is 4.74 Å². The molecule has 1 aliphatic heterocycles. The van der Waals surface area contributed by atoms with E-state index in [1.54, 1.807) is 14.0 Å². The van der Waals surface area contributed by atoms with E-state index in [1.807, 2.05) is 23.1 Å². The second-order valence-corrected chi connectivity index (χ2v) is 4.70. The third-order valence-corrected chi connectivity index (χ3v) is 3.59. The molecule has 1 saturated heterocycles. The van der Waals surface area contributed by atoms with E-state index in [0.29, 0.717) is 0 Å². The summed E-state index contributed by atoms with van der Waals surface area (Å²) in [6, 6.07) is 8.23. The number of hydrogen-bond acceptors (Lipinski definition) is 3. The molecule has 0 aliphatic carbocycles. The summed E-state index contributed by atoms with van der Waals surface area (Å²) in [6.07, 6.45) is 0. The molecule has 1 fully saturated rings. The highest BCUT2D eigenvalue weighted by molar-refractivity contribution is 5.73. The van der Waals surface area contributed by atoms with Crippen molar-refractivity contribution in [2.45, 2.75) is 13.0 Å². The Balaban J connectivity index is 2.26. The molecule has 4 heteroatoms. The lowest BCUT2D eigenvalue weighted by Gasteiger charge is -2.39. The van der Waals surface area contributed by atoms with E-state index in [2.05, 4.69) is 18.0 Å². The van der Waals surface area contributed by atoms with Gasteiger partial charge in [-0.2, -0.15) is 0 Å². The summed E-state index contributed by atoms with van der Waals surface area (Å²) in [4.78, 5) is 15.7. The number of benzene rings is 1. The largest absolute Gasteiger partial charge is 0.496 e. The lowest BCUT2D eigenvalue weighted by Crippen LogP contribution is -2.48. The molecule has 0 N–H and O–H groups in total. The zero-order valence-electron chi connectivity index (χ0n) is 11.2. The molecule has 0 radical (unpaired) electrons. The fourth-order valence-corrected chi connectivity index (χ4v) is 2.44. The van der Waals surface area contributed by atoms with Crippen molar-refractivity contribution in [1.29, 1.82) is 0 Å². The van der Waals surface area contributed by atoms with Gasteiger partial charge >= 0.3 is 0 Å². The van der Waals surface area contributed by atoms with Crippen molar-refractivity contribution in [1.82, 2.24) is 9.80 Å². The smallest absolute Gasteiger partial charge is 0.219 e. The van der Waals surface area contributed by atoms with Gasteiger partial charge in [-0.05, 0) is 13.1 Å². The van der Waals surface area contributed by atoms with Crippen molar-refractivity contribution in [3.63, 3.8) is 0 Å². The zero-order chi connectivity index (χ0) is 13.1. The first-order chi connectivity index (χ1) is 8.63. The Labute approximate surface area is 108 Å². The number of nitrogens with zero attached hydrogens (tertiary/aromatic N) is 2. The van der Waals surface area contributed by atoms with Gasteiger partial charge in [0.25, 0.3) is 0 Å². The molecule has 1 aromatic carbocycles. The van der Waals surface area contributed by atoms with Crippen molar-refractivity contribution in [2.75, 3.05) is 33.8 Å². The molecule has 18 heavy (non-hydrogen) atoms. The maximum atomic E-state index is 11.5. The van der Waals surface area contributed by atoms with Crippen LogP contribution in [-0.2, 0) is 4.79 Å². The number of carbonyl (C=O) groups excluding carboxylic acids is 1. The van der Waals surface area contributed by atoms with Crippen LogP contribution in [0.3, 0.4) is 0 Å². The van der Waals surface area contributed by atoms with Crippen LogP contribution in [-0.4, -0.2) is 49.5 Å². The van der Waals surface area contributed by atoms with E-state index < -0.39 is 0 Å². The zero-order valence-corrected chi connectivity index (χ0v) is 11.2. The Kier molecular flexibility index (Phi) is 3.87. The summed E-state index contributed by atoms with van der Waals surface area (Å²) in [5, 5.41) is 0. The Morgan fingerprint density at radius 1 is 1.33 bits per heavy atom. The van der Waals surface area contributed by atoms with Crippen LogP contribution < -0.4 is 4.74 Å². The molecule has 4 nitrogen and oxygen atoms in total. The van der Waals surface area contributed by atoms with Crippen molar-refractivity contribution >= 4 is 5.91 Å². The summed E-state index contributed by atoms with van der Waals surface area (Å²) in [5.74, 6) is 1.03. The summed E-state index contributed by atoms with van der Waals surface area (Å²) in [7, 11) is 3.78. The number of rotatable bonds is 2. The van der Waals surface area contributed by atoms with Gasteiger partial charge in [-0.1, -0.05) is 18.2 Å². The first-order valence-corrected chi connectivity index (χ1v) is 6.22. The average molecular weight is 248 g/mol. The van der Waals surface area contributed by atoms with Gasteiger partial charge in [0, 0.05) is 32.1 Å². The summed E-state index contributed by atoms with van der Waals surface area (Å²) in [6.45, 7) is 4.05. The van der Waals surface area contributed by atoms with Gasteiger partial charge in [0.05, 0.1) is 13.2 Å². The minimum atomic E-state index is 0.142. The number of piperazine rings is 1. The fourth-order valence-electron chi connectivity index (χ4n) is 2.44. The van der Waals surface area contributed by atoms with Gasteiger partial charge in [-0.15, -0.1) is 0 Å². The molecule has 0 spiro atoms. The molecular formula is C14H20N2O2. The number of ether oxygens (including phenoxy) is 1. The average Bonchev–Trinajstić information content (AvgIpc) is 2.39. The molecule has 1 aliphatic rings. The second kappa shape index (κ2) is 5.40. The standard InChI is InChI=1S/C14H20N2O2/c1-11(17)16-9-8-15(2)13(10-16)12-6-4-5-7-14(12)18-3/h4-7,13H,8-10H2,1-3H3. The van der Waals surface area contributed by atoms with E-state index in [0.717, 1.165) is 30.9 Å². The molecule has 1 atom stereocenters. The number of amides is 1. The van der Waals surface area contributed by atoms with Crippen LogP contribution in [0.5, 0.6) is 5.75 Å². The lowest BCUT2D eigenvalue weighted by atomic mass is 10.0. The first-order valence-electron chi connectivity index (χ1n) is 6.22. The van der Waals surface area contributed by atoms with Gasteiger partial charge < -0.3 is 9.64 Å². The first kappa shape index (κ1) is 12.9. The fraction of sp³-hybridized carbons (Fsp3) is 0.500. The van der Waals surface area contributed by atoms with Crippen molar-refractivity contribution < 1.29 is 9.53 Å². The van der Waals surface area contributed by atoms with Crippen LogP contribution in [0.2, 0.25) is 0 Å². The normalized spacial score (nSPS) is 20.8. The monoisotopic (exact) mass is 248 g/mol. The van der Waals surface area contributed by atoms with Crippen LogP contribution >= 0.6 is 0 Å². The predicted molar refractivity (Wildman–Crippen MR) is 70.6 cm³/mol. The van der Waals surface area contributed by atoms with Gasteiger partial charge in [-0.25, -0.2) is 0 Å². The van der Waals surface area contributed by atoms with Crippen LogP contribution in [0.25, 0.3) is 0 Å². The SMILES string of the molecule is COc1ccccc1C1CN(C(C)=O)CCN1C. The lowest BCUT2D eigenvalue weighted by molar-refractivity contribution is -0.131. The number of methoxy groups -OCH3 is 1. The molecular weight excluding hydrogens is 228 g/mol. The molecule has 1 heterocycles. The van der Waals surface area contributed by atoms with Crippen molar-refractivity contribution in [2.24, 2.45) is 0 Å². The summed E-state index contributed by atoms with van der Waals surface area (Å²) < 4.78 is 5.41. The van der Waals surface area contributed by atoms with Gasteiger partial charge in [0.15, 0.2) is 0 Å². The Morgan fingerprint density at radius 2 is 2.06 bits per heavy atom. The molecule has 0 bridgehead atoms. The van der Waals surface area contributed by atoms with Crippen molar-refractivity contribution in [3.05, 3.63) is 29.8 Å². The molecule has 98 valence electrons. The summed E-state index contributed by atoms with van der Waals surface area (Å²) >= 11 is 0. The highest BCUT2D eigenvalue weighted by atomic mass is 16.5. The van der Waals surface area contributed by atoms with Gasteiger partial charge in [0.2, 0.25) is 5.91 Å². The summed E-state index contributed by atoms with van der Waals surface area (Å²) in [5.41, 5.74) is 1.15. The maximum absolute atomic E-state index is 11.5. The minimum Gasteiger partial charge on any atom is -0.496 e. The van der Waals surface area contributed by atoms with Crippen molar-refractivity contribution in [3.8, 4) is 5.75 Å². The van der Waals surface area contributed by atoms with E-state index in [-0.39, 0.29) is 11.9 Å². The molecule has 1 amide bonds. The highest BCUT2D eigenvalue weighted by Crippen LogP contribution is 2.30. The number of para-hydroxylation sites is 1. The predicted octanol–water partition coefficient (Wildman–Crippen LogP) is 1.53. The van der Waals surface area contributed by atoms with E-state index in [1.165, 1.54) is 0 Å². The van der Waals surface area contributed by atoms with Crippen LogP contribution in [0, 0.1) is 0 Å². The maximum Gasteiger partial charge on any atom is 0.219 e. The molecule has 1 aromatic rings. The Hall–Kier alpha value is -1.55. The molecule has 1 unspecified atom stereocenters. The highest BCUT2D eigenvalue weighted by Gasteiger charge is 2.28. The van der Waals surface area contributed by atoms with Crippen LogP contribution in [0.15, 0.2) is 24.3 Å². The van der Waals surface area contributed by atoms with Gasteiger partial charge in [0.1, 0.15) is 5.75 Å². The minimum absolute atomic E-state index is 0.142. The quantitative estimate of drug-likeness (QED) is 0.795. The third-order valence-electron chi connectivity index (χ3n) is 3.59. The number of hydrogen-bond donors (Lipinski definition) is 0. The Morgan fingerprint density at radius 3 is 2.72 bits per heavy atom. The van der Waals surface area contributed by atoms with E-state index in [9.17, 15) is 4.79 Å². The number of carbonyl (C=O) groups is 1. The molecule has 2 rings (SSSR count). The third kappa shape index (κ3) is 2.48. The topological polar surface area (TPSA) is 32.8 Å². The van der Waals surface area contributed by atoms with Gasteiger partial charge in [-0.3, -0.25) is 9.69 Å². The molecule has 0 saturated carbocycles.